The summed E-state index contributed by atoms with van der Waals surface area (Å²) in [5.41, 5.74) is 6.84. The van der Waals surface area contributed by atoms with E-state index in [1.165, 1.54) is 12.8 Å². The number of ether oxygens (including phenoxy) is 2. The molecule has 25 heavy (non-hydrogen) atoms. The van der Waals surface area contributed by atoms with Gasteiger partial charge < -0.3 is 20.5 Å². The standard InChI is InChI=1S/C18H30N4O2.HI/c1-13-7-9-22(10-8-13)14(2)12-20-18(19)21-15-5-6-16(23-3)17(11-15)24-4;/h5-6,11,13-14H,7-10,12H2,1-4H3,(H3,19,20,21);1H. The van der Waals surface area contributed by atoms with Gasteiger partial charge in [-0.3, -0.25) is 9.89 Å². The number of nitrogens with one attached hydrogen (secondary N) is 1. The van der Waals surface area contributed by atoms with E-state index in [1.807, 2.05) is 18.2 Å². The second kappa shape index (κ2) is 10.7. The Balaban J connectivity index is 0.00000312. The smallest absolute Gasteiger partial charge is 0.193 e. The van der Waals surface area contributed by atoms with Gasteiger partial charge >= 0.3 is 0 Å². The SMILES string of the molecule is COc1ccc(NC(N)=NCC(C)N2CCC(C)CC2)cc1OC.I. The van der Waals surface area contributed by atoms with Crippen LogP contribution in [0.4, 0.5) is 5.69 Å². The molecule has 1 unspecified atom stereocenters. The van der Waals surface area contributed by atoms with Crippen LogP contribution in [0.25, 0.3) is 0 Å². The Morgan fingerprint density at radius 2 is 1.92 bits per heavy atom. The number of likely N-dealkylation sites (tertiary alicyclic amines) is 1. The Morgan fingerprint density at radius 3 is 2.52 bits per heavy atom. The van der Waals surface area contributed by atoms with Crippen LogP contribution < -0.4 is 20.5 Å². The average Bonchev–Trinajstić information content (AvgIpc) is 2.60. The second-order valence-corrected chi connectivity index (χ2v) is 6.49. The Bertz CT molecular complexity index is 560. The molecule has 7 heteroatoms. The molecule has 1 atom stereocenters. The molecule has 0 bridgehead atoms. The number of hydrogen-bond donors (Lipinski definition) is 2. The van der Waals surface area contributed by atoms with E-state index in [2.05, 4.69) is 29.1 Å². The van der Waals surface area contributed by atoms with E-state index in [9.17, 15) is 0 Å². The van der Waals surface area contributed by atoms with Gasteiger partial charge in [0, 0.05) is 17.8 Å². The van der Waals surface area contributed by atoms with Gasteiger partial charge in [0.25, 0.3) is 0 Å². The minimum absolute atomic E-state index is 0. The normalized spacial score (nSPS) is 17.5. The number of rotatable bonds is 6. The molecule has 0 amide bonds. The van der Waals surface area contributed by atoms with Crippen LogP contribution in [0.5, 0.6) is 11.5 Å². The highest BCUT2D eigenvalue weighted by molar-refractivity contribution is 14.0. The minimum atomic E-state index is 0. The number of nitrogens with zero attached hydrogens (tertiary/aromatic N) is 2. The highest BCUT2D eigenvalue weighted by Crippen LogP contribution is 2.29. The zero-order valence-corrected chi connectivity index (χ0v) is 17.9. The molecular weight excluding hydrogens is 431 g/mol. The molecular formula is C18H31IN4O2. The maximum atomic E-state index is 6.02. The van der Waals surface area contributed by atoms with Gasteiger partial charge in [-0.25, -0.2) is 0 Å². The third-order valence-corrected chi connectivity index (χ3v) is 4.62. The molecule has 0 saturated carbocycles. The van der Waals surface area contributed by atoms with Crippen LogP contribution in [0.3, 0.4) is 0 Å². The van der Waals surface area contributed by atoms with Crippen molar-refractivity contribution in [3.05, 3.63) is 18.2 Å². The zero-order chi connectivity index (χ0) is 17.5. The summed E-state index contributed by atoms with van der Waals surface area (Å²) < 4.78 is 10.5. The highest BCUT2D eigenvalue weighted by atomic mass is 127. The number of aliphatic imine (C=N–C) groups is 1. The molecule has 0 aromatic heterocycles. The van der Waals surface area contributed by atoms with Crippen molar-refractivity contribution in [3.63, 3.8) is 0 Å². The van der Waals surface area contributed by atoms with E-state index in [-0.39, 0.29) is 24.0 Å². The Labute approximate surface area is 168 Å². The minimum Gasteiger partial charge on any atom is -0.493 e. The predicted molar refractivity (Wildman–Crippen MR) is 115 cm³/mol. The molecule has 1 aliphatic rings. The zero-order valence-electron chi connectivity index (χ0n) is 15.6. The first-order valence-electron chi connectivity index (χ1n) is 8.56. The van der Waals surface area contributed by atoms with Gasteiger partial charge in [0.05, 0.1) is 20.8 Å². The molecule has 6 nitrogen and oxygen atoms in total. The van der Waals surface area contributed by atoms with E-state index in [1.54, 1.807) is 14.2 Å². The number of anilines is 1. The highest BCUT2D eigenvalue weighted by Gasteiger charge is 2.19. The maximum absolute atomic E-state index is 6.02. The van der Waals surface area contributed by atoms with Gasteiger partial charge in [0.2, 0.25) is 0 Å². The maximum Gasteiger partial charge on any atom is 0.193 e. The van der Waals surface area contributed by atoms with Gasteiger partial charge in [-0.2, -0.15) is 0 Å². The summed E-state index contributed by atoms with van der Waals surface area (Å²) in [5.74, 6) is 2.60. The van der Waals surface area contributed by atoms with Crippen LogP contribution in [0.1, 0.15) is 26.7 Å². The lowest BCUT2D eigenvalue weighted by Gasteiger charge is -2.34. The van der Waals surface area contributed by atoms with Crippen LogP contribution in [-0.4, -0.2) is 50.8 Å². The molecule has 142 valence electrons. The molecule has 2 rings (SSSR count). The Kier molecular flexibility index (Phi) is 9.34. The molecule has 1 fully saturated rings. The third-order valence-electron chi connectivity index (χ3n) is 4.62. The molecule has 1 aliphatic heterocycles. The molecule has 1 saturated heterocycles. The van der Waals surface area contributed by atoms with Crippen molar-refractivity contribution in [3.8, 4) is 11.5 Å². The molecule has 0 radical (unpaired) electrons. The van der Waals surface area contributed by atoms with Crippen LogP contribution in [-0.2, 0) is 0 Å². The Hall–Kier alpha value is -1.22. The summed E-state index contributed by atoms with van der Waals surface area (Å²) in [6.45, 7) is 7.54. The quantitative estimate of drug-likeness (QED) is 0.386. The van der Waals surface area contributed by atoms with Gasteiger partial charge in [0.1, 0.15) is 0 Å². The summed E-state index contributed by atoms with van der Waals surface area (Å²) in [6, 6.07) is 5.98. The van der Waals surface area contributed by atoms with Crippen molar-refractivity contribution in [2.24, 2.45) is 16.6 Å². The first-order valence-corrected chi connectivity index (χ1v) is 8.56. The van der Waals surface area contributed by atoms with E-state index >= 15 is 0 Å². The molecule has 0 spiro atoms. The molecule has 0 aliphatic carbocycles. The van der Waals surface area contributed by atoms with Crippen LogP contribution >= 0.6 is 24.0 Å². The topological polar surface area (TPSA) is 72.1 Å². The van der Waals surface area contributed by atoms with E-state index in [0.29, 0.717) is 30.0 Å². The van der Waals surface area contributed by atoms with Crippen LogP contribution in [0, 0.1) is 5.92 Å². The third kappa shape index (κ3) is 6.54. The number of methoxy groups -OCH3 is 2. The van der Waals surface area contributed by atoms with E-state index in [0.717, 1.165) is 24.7 Å². The largest absolute Gasteiger partial charge is 0.493 e. The average molecular weight is 462 g/mol. The van der Waals surface area contributed by atoms with Gasteiger partial charge in [-0.15, -0.1) is 24.0 Å². The fourth-order valence-corrected chi connectivity index (χ4v) is 2.92. The lowest BCUT2D eigenvalue weighted by atomic mass is 9.98. The summed E-state index contributed by atoms with van der Waals surface area (Å²) >= 11 is 0. The van der Waals surface area contributed by atoms with Crippen LogP contribution in [0.15, 0.2) is 23.2 Å². The van der Waals surface area contributed by atoms with Crippen molar-refractivity contribution in [2.45, 2.75) is 32.7 Å². The lowest BCUT2D eigenvalue weighted by Crippen LogP contribution is -2.41. The number of nitrogens with two attached hydrogens (primary N) is 1. The van der Waals surface area contributed by atoms with Crippen LogP contribution in [0.2, 0.25) is 0 Å². The fraction of sp³-hybridized carbons (Fsp3) is 0.611. The number of benzene rings is 1. The first kappa shape index (κ1) is 21.8. The molecule has 1 aromatic rings. The molecule has 1 heterocycles. The number of hydrogen-bond acceptors (Lipinski definition) is 4. The summed E-state index contributed by atoms with van der Waals surface area (Å²) in [7, 11) is 3.23. The number of guanidine groups is 1. The van der Waals surface area contributed by atoms with Gasteiger partial charge in [-0.05, 0) is 50.9 Å². The van der Waals surface area contributed by atoms with Crippen molar-refractivity contribution in [2.75, 3.05) is 39.2 Å². The van der Waals surface area contributed by atoms with Crippen molar-refractivity contribution >= 4 is 35.6 Å². The number of halogens is 1. The Morgan fingerprint density at radius 1 is 1.28 bits per heavy atom. The van der Waals surface area contributed by atoms with Crippen molar-refractivity contribution in [1.29, 1.82) is 0 Å². The van der Waals surface area contributed by atoms with Crippen molar-refractivity contribution in [1.82, 2.24) is 4.90 Å². The second-order valence-electron chi connectivity index (χ2n) is 6.49. The first-order chi connectivity index (χ1) is 11.5. The summed E-state index contributed by atoms with van der Waals surface area (Å²) in [5, 5.41) is 3.11. The van der Waals surface area contributed by atoms with E-state index < -0.39 is 0 Å². The lowest BCUT2D eigenvalue weighted by molar-refractivity contribution is 0.150. The van der Waals surface area contributed by atoms with Crippen molar-refractivity contribution < 1.29 is 9.47 Å². The molecule has 3 N–H and O–H groups in total. The van der Waals surface area contributed by atoms with Gasteiger partial charge in [0.15, 0.2) is 17.5 Å². The summed E-state index contributed by atoms with van der Waals surface area (Å²) in [6.07, 6.45) is 2.54. The predicted octanol–water partition coefficient (Wildman–Crippen LogP) is 3.17. The van der Waals surface area contributed by atoms with E-state index in [4.69, 9.17) is 15.2 Å². The monoisotopic (exact) mass is 462 g/mol. The van der Waals surface area contributed by atoms with Gasteiger partial charge in [-0.1, -0.05) is 6.92 Å². The molecule has 1 aromatic carbocycles. The summed E-state index contributed by atoms with van der Waals surface area (Å²) in [4.78, 5) is 6.97. The fourth-order valence-electron chi connectivity index (χ4n) is 2.92. The number of piperidine rings is 1.